The number of ether oxygens (including phenoxy) is 3. The van der Waals surface area contributed by atoms with Crippen molar-refractivity contribution in [3.8, 4) is 28.4 Å². The molecule has 0 spiro atoms. The molecule has 0 fully saturated rings. The average Bonchev–Trinajstić information content (AvgIpc) is 2.77. The van der Waals surface area contributed by atoms with Crippen LogP contribution in [0.2, 0.25) is 0 Å². The number of benzene rings is 3. The molecule has 1 N–H and O–H groups in total. The molecule has 0 amide bonds. The molecule has 0 saturated heterocycles. The normalized spacial score (nSPS) is 11.1. The van der Waals surface area contributed by atoms with Crippen molar-refractivity contribution in [2.75, 3.05) is 21.3 Å². The van der Waals surface area contributed by atoms with Gasteiger partial charge in [0.1, 0.15) is 17.2 Å². The van der Waals surface area contributed by atoms with Gasteiger partial charge in [-0.25, -0.2) is 13.1 Å². The Kier molecular flexibility index (Phi) is 6.41. The molecule has 0 aliphatic carbocycles. The van der Waals surface area contributed by atoms with E-state index in [9.17, 15) is 8.42 Å². The lowest BCUT2D eigenvalue weighted by molar-refractivity contribution is 0.373. The highest BCUT2D eigenvalue weighted by atomic mass is 32.2. The fourth-order valence-corrected chi connectivity index (χ4v) is 4.26. The Hall–Kier alpha value is -3.03. The molecule has 0 saturated carbocycles. The lowest BCUT2D eigenvalue weighted by Gasteiger charge is -2.14. The molecule has 152 valence electrons. The third kappa shape index (κ3) is 4.70. The van der Waals surface area contributed by atoms with Gasteiger partial charge in [-0.2, -0.15) is 0 Å². The van der Waals surface area contributed by atoms with Crippen molar-refractivity contribution >= 4 is 10.0 Å². The zero-order valence-corrected chi connectivity index (χ0v) is 17.3. The summed E-state index contributed by atoms with van der Waals surface area (Å²) >= 11 is 0. The molecule has 0 heterocycles. The van der Waals surface area contributed by atoms with Gasteiger partial charge in [-0.3, -0.25) is 0 Å². The van der Waals surface area contributed by atoms with Crippen LogP contribution in [0.25, 0.3) is 11.1 Å². The van der Waals surface area contributed by atoms with E-state index in [0.717, 1.165) is 22.4 Å². The van der Waals surface area contributed by atoms with Crippen molar-refractivity contribution in [1.29, 1.82) is 0 Å². The molecule has 0 radical (unpaired) electrons. The van der Waals surface area contributed by atoms with Crippen LogP contribution in [0.4, 0.5) is 0 Å². The first-order valence-corrected chi connectivity index (χ1v) is 10.4. The molecule has 0 aliphatic rings. The van der Waals surface area contributed by atoms with E-state index in [1.807, 2.05) is 48.5 Å². The first-order valence-electron chi connectivity index (χ1n) is 8.92. The molecule has 3 aromatic rings. The van der Waals surface area contributed by atoms with Gasteiger partial charge < -0.3 is 14.2 Å². The summed E-state index contributed by atoms with van der Waals surface area (Å²) in [6.45, 7) is 0.145. The fourth-order valence-electron chi connectivity index (χ4n) is 2.93. The van der Waals surface area contributed by atoms with Crippen LogP contribution in [0, 0.1) is 0 Å². The first-order chi connectivity index (χ1) is 14.0. The second-order valence-electron chi connectivity index (χ2n) is 6.24. The quantitative estimate of drug-likeness (QED) is 0.607. The van der Waals surface area contributed by atoms with E-state index in [1.165, 1.54) is 14.2 Å². The molecule has 6 nitrogen and oxygen atoms in total. The van der Waals surface area contributed by atoms with Crippen molar-refractivity contribution in [1.82, 2.24) is 4.72 Å². The van der Waals surface area contributed by atoms with Gasteiger partial charge in [0.05, 0.1) is 21.3 Å². The molecular weight excluding hydrogens is 390 g/mol. The van der Waals surface area contributed by atoms with Crippen molar-refractivity contribution in [3.63, 3.8) is 0 Å². The Morgan fingerprint density at radius 1 is 0.724 bits per heavy atom. The highest BCUT2D eigenvalue weighted by Gasteiger charge is 2.24. The topological polar surface area (TPSA) is 73.9 Å². The molecule has 3 aromatic carbocycles. The van der Waals surface area contributed by atoms with Gasteiger partial charge >= 0.3 is 0 Å². The van der Waals surface area contributed by atoms with Crippen LogP contribution in [0.1, 0.15) is 5.56 Å². The minimum absolute atomic E-state index is 0.0140. The number of rotatable bonds is 8. The minimum Gasteiger partial charge on any atom is -0.497 e. The Balaban J connectivity index is 1.76. The second kappa shape index (κ2) is 8.98. The Morgan fingerprint density at radius 3 is 1.72 bits per heavy atom. The van der Waals surface area contributed by atoms with E-state index in [0.29, 0.717) is 0 Å². The number of hydrogen-bond acceptors (Lipinski definition) is 5. The Bertz CT molecular complexity index is 1040. The Morgan fingerprint density at radius 2 is 1.24 bits per heavy atom. The number of hydrogen-bond donors (Lipinski definition) is 1. The smallest absolute Gasteiger partial charge is 0.248 e. The monoisotopic (exact) mass is 413 g/mol. The molecule has 0 atom stereocenters. The molecule has 0 bridgehead atoms. The fraction of sp³-hybridized carbons (Fsp3) is 0.182. The zero-order valence-electron chi connectivity index (χ0n) is 16.5. The van der Waals surface area contributed by atoms with E-state index in [-0.39, 0.29) is 22.9 Å². The SMILES string of the molecule is COc1ccc(-c2ccc(CNS(=O)(=O)c3c(OC)cccc3OC)cc2)cc1. The summed E-state index contributed by atoms with van der Waals surface area (Å²) in [6, 6.07) is 20.3. The molecule has 0 aromatic heterocycles. The van der Waals surface area contributed by atoms with E-state index < -0.39 is 10.0 Å². The Labute approximate surface area is 171 Å². The van der Waals surface area contributed by atoms with Gasteiger partial charge in [-0.1, -0.05) is 42.5 Å². The lowest BCUT2D eigenvalue weighted by Crippen LogP contribution is -2.24. The van der Waals surface area contributed by atoms with E-state index >= 15 is 0 Å². The van der Waals surface area contributed by atoms with Crippen molar-refractivity contribution < 1.29 is 22.6 Å². The average molecular weight is 413 g/mol. The largest absolute Gasteiger partial charge is 0.497 e. The summed E-state index contributed by atoms with van der Waals surface area (Å²) in [4.78, 5) is -0.0140. The third-order valence-corrected chi connectivity index (χ3v) is 5.96. The summed E-state index contributed by atoms with van der Waals surface area (Å²) in [5, 5.41) is 0. The molecule has 7 heteroatoms. The number of sulfonamides is 1. The van der Waals surface area contributed by atoms with Crippen molar-refractivity contribution in [3.05, 3.63) is 72.3 Å². The molecular formula is C22H23NO5S. The summed E-state index contributed by atoms with van der Waals surface area (Å²) < 4.78 is 43.8. The summed E-state index contributed by atoms with van der Waals surface area (Å²) in [5.74, 6) is 1.25. The summed E-state index contributed by atoms with van der Waals surface area (Å²) in [7, 11) is 0.647. The van der Waals surface area contributed by atoms with Crippen LogP contribution < -0.4 is 18.9 Å². The van der Waals surface area contributed by atoms with Crippen molar-refractivity contribution in [2.24, 2.45) is 0 Å². The van der Waals surface area contributed by atoms with Crippen LogP contribution in [0.3, 0.4) is 0 Å². The maximum absolute atomic E-state index is 12.8. The maximum atomic E-state index is 12.8. The van der Waals surface area contributed by atoms with Gasteiger partial charge in [-0.05, 0) is 41.0 Å². The third-order valence-electron chi connectivity index (χ3n) is 4.49. The second-order valence-corrected chi connectivity index (χ2v) is 7.95. The number of methoxy groups -OCH3 is 3. The molecule has 29 heavy (non-hydrogen) atoms. The maximum Gasteiger partial charge on any atom is 0.248 e. The van der Waals surface area contributed by atoms with Gasteiger partial charge in [0.25, 0.3) is 0 Å². The van der Waals surface area contributed by atoms with Crippen LogP contribution in [0.5, 0.6) is 17.2 Å². The zero-order chi connectivity index (χ0) is 20.9. The predicted molar refractivity (Wildman–Crippen MR) is 112 cm³/mol. The van der Waals surface area contributed by atoms with Crippen LogP contribution in [0.15, 0.2) is 71.6 Å². The highest BCUT2D eigenvalue weighted by Crippen LogP contribution is 2.32. The van der Waals surface area contributed by atoms with E-state index in [1.54, 1.807) is 25.3 Å². The predicted octanol–water partition coefficient (Wildman–Crippen LogP) is 3.86. The van der Waals surface area contributed by atoms with Crippen LogP contribution in [-0.4, -0.2) is 29.7 Å². The highest BCUT2D eigenvalue weighted by molar-refractivity contribution is 7.89. The van der Waals surface area contributed by atoms with Gasteiger partial charge in [0.15, 0.2) is 4.90 Å². The molecule has 0 aliphatic heterocycles. The van der Waals surface area contributed by atoms with E-state index in [2.05, 4.69) is 4.72 Å². The van der Waals surface area contributed by atoms with Gasteiger partial charge in [0.2, 0.25) is 10.0 Å². The summed E-state index contributed by atoms with van der Waals surface area (Å²) in [6.07, 6.45) is 0. The van der Waals surface area contributed by atoms with Crippen LogP contribution >= 0.6 is 0 Å². The van der Waals surface area contributed by atoms with Crippen molar-refractivity contribution in [2.45, 2.75) is 11.4 Å². The lowest BCUT2D eigenvalue weighted by atomic mass is 10.0. The number of nitrogens with one attached hydrogen (secondary N) is 1. The standard InChI is InChI=1S/C22H23NO5S/c1-26-19-13-11-18(12-14-19)17-9-7-16(8-10-17)15-23-29(24,25)22-20(27-2)5-4-6-21(22)28-3/h4-14,23H,15H2,1-3H3. The van der Waals surface area contributed by atoms with E-state index in [4.69, 9.17) is 14.2 Å². The van der Waals surface area contributed by atoms with Gasteiger partial charge in [-0.15, -0.1) is 0 Å². The first kappa shape index (κ1) is 20.7. The van der Waals surface area contributed by atoms with Gasteiger partial charge in [0, 0.05) is 6.54 Å². The van der Waals surface area contributed by atoms with Crippen LogP contribution in [-0.2, 0) is 16.6 Å². The minimum atomic E-state index is -3.83. The molecule has 3 rings (SSSR count). The molecule has 0 unspecified atom stereocenters. The summed E-state index contributed by atoms with van der Waals surface area (Å²) in [5.41, 5.74) is 2.92.